The highest BCUT2D eigenvalue weighted by Crippen LogP contribution is 2.05. The van der Waals surface area contributed by atoms with E-state index < -0.39 is 0 Å². The molecule has 6 nitrogen and oxygen atoms in total. The zero-order valence-electron chi connectivity index (χ0n) is 12.0. The molecule has 0 spiro atoms. The molecule has 1 aromatic rings. The lowest BCUT2D eigenvalue weighted by molar-refractivity contribution is -0.135. The number of rotatable bonds is 5. The van der Waals surface area contributed by atoms with Crippen molar-refractivity contribution < 1.29 is 14.3 Å². The molecule has 1 fully saturated rings. The van der Waals surface area contributed by atoms with E-state index in [2.05, 4.69) is 5.32 Å². The Morgan fingerprint density at radius 1 is 1.29 bits per heavy atom. The number of nitrogens with one attached hydrogen (secondary N) is 1. The third-order valence-corrected chi connectivity index (χ3v) is 3.41. The third-order valence-electron chi connectivity index (χ3n) is 3.41. The van der Waals surface area contributed by atoms with Gasteiger partial charge in [-0.1, -0.05) is 12.1 Å². The van der Waals surface area contributed by atoms with E-state index in [1.54, 1.807) is 23.1 Å². The lowest BCUT2D eigenvalue weighted by Crippen LogP contribution is -2.42. The monoisotopic (exact) mass is 291 g/mol. The summed E-state index contributed by atoms with van der Waals surface area (Å²) in [5, 5.41) is 2.76. The predicted octanol–water partition coefficient (Wildman–Crippen LogP) is 0.124. The van der Waals surface area contributed by atoms with Gasteiger partial charge in [-0.05, 0) is 17.7 Å². The molecule has 0 radical (unpaired) electrons. The van der Waals surface area contributed by atoms with Gasteiger partial charge in [0.15, 0.2) is 0 Å². The van der Waals surface area contributed by atoms with Crippen LogP contribution in [0.5, 0.6) is 0 Å². The molecular weight excluding hydrogens is 270 g/mol. The number of amides is 2. The minimum Gasteiger partial charge on any atom is -0.378 e. The van der Waals surface area contributed by atoms with Gasteiger partial charge in [-0.2, -0.15) is 0 Å². The first-order valence-corrected chi connectivity index (χ1v) is 7.13. The van der Waals surface area contributed by atoms with Crippen LogP contribution in [0.2, 0.25) is 0 Å². The van der Waals surface area contributed by atoms with Crippen LogP contribution in [0.25, 0.3) is 0 Å². The van der Waals surface area contributed by atoms with Crippen LogP contribution in [-0.4, -0.2) is 49.6 Å². The van der Waals surface area contributed by atoms with Gasteiger partial charge in [0, 0.05) is 38.2 Å². The van der Waals surface area contributed by atoms with Crippen molar-refractivity contribution in [2.45, 2.75) is 13.0 Å². The summed E-state index contributed by atoms with van der Waals surface area (Å²) in [6, 6.07) is 7.17. The SMILES string of the molecule is NCc1cccc(C(=O)NCCC(=O)N2CCOCC2)c1. The average Bonchev–Trinajstić information content (AvgIpc) is 2.55. The quantitative estimate of drug-likeness (QED) is 0.807. The first kappa shape index (κ1) is 15.5. The average molecular weight is 291 g/mol. The van der Waals surface area contributed by atoms with E-state index in [1.807, 2.05) is 6.07 Å². The molecule has 0 atom stereocenters. The number of hydrogen-bond donors (Lipinski definition) is 2. The Bertz CT molecular complexity index is 499. The Labute approximate surface area is 124 Å². The predicted molar refractivity (Wildman–Crippen MR) is 78.7 cm³/mol. The molecule has 2 amide bonds. The third kappa shape index (κ3) is 4.54. The van der Waals surface area contributed by atoms with Crippen LogP contribution in [0.15, 0.2) is 24.3 Å². The molecule has 3 N–H and O–H groups in total. The van der Waals surface area contributed by atoms with E-state index in [1.165, 1.54) is 0 Å². The Morgan fingerprint density at radius 3 is 2.76 bits per heavy atom. The van der Waals surface area contributed by atoms with Crippen molar-refractivity contribution in [1.82, 2.24) is 10.2 Å². The largest absolute Gasteiger partial charge is 0.378 e. The molecule has 1 aromatic carbocycles. The van der Waals surface area contributed by atoms with Crippen LogP contribution in [-0.2, 0) is 16.1 Å². The normalized spacial score (nSPS) is 14.8. The van der Waals surface area contributed by atoms with Crippen LogP contribution >= 0.6 is 0 Å². The molecular formula is C15H21N3O3. The van der Waals surface area contributed by atoms with E-state index in [9.17, 15) is 9.59 Å². The number of nitrogens with two attached hydrogens (primary N) is 1. The minimum atomic E-state index is -0.180. The molecule has 0 bridgehead atoms. The number of benzene rings is 1. The summed E-state index contributed by atoms with van der Waals surface area (Å²) < 4.78 is 5.20. The highest BCUT2D eigenvalue weighted by atomic mass is 16.5. The fraction of sp³-hybridized carbons (Fsp3) is 0.467. The zero-order chi connectivity index (χ0) is 15.1. The minimum absolute atomic E-state index is 0.0503. The molecule has 1 aliphatic rings. The number of nitrogens with zero attached hydrogens (tertiary/aromatic N) is 1. The maximum absolute atomic E-state index is 12.0. The number of carbonyl (C=O) groups is 2. The fourth-order valence-electron chi connectivity index (χ4n) is 2.20. The van der Waals surface area contributed by atoms with Gasteiger partial charge in [0.1, 0.15) is 0 Å². The number of ether oxygens (including phenoxy) is 1. The summed E-state index contributed by atoms with van der Waals surface area (Å²) in [6.07, 6.45) is 0.308. The van der Waals surface area contributed by atoms with Gasteiger partial charge in [-0.25, -0.2) is 0 Å². The molecule has 1 saturated heterocycles. The first-order valence-electron chi connectivity index (χ1n) is 7.13. The van der Waals surface area contributed by atoms with Crippen molar-refractivity contribution in [3.05, 3.63) is 35.4 Å². The Hall–Kier alpha value is -1.92. The molecule has 1 heterocycles. The fourth-order valence-corrected chi connectivity index (χ4v) is 2.20. The Kier molecular flexibility index (Phi) is 5.71. The molecule has 0 aromatic heterocycles. The van der Waals surface area contributed by atoms with E-state index in [0.29, 0.717) is 51.4 Å². The van der Waals surface area contributed by atoms with Crippen LogP contribution < -0.4 is 11.1 Å². The van der Waals surface area contributed by atoms with Gasteiger partial charge in [0.05, 0.1) is 13.2 Å². The molecule has 6 heteroatoms. The number of morpholine rings is 1. The number of carbonyl (C=O) groups excluding carboxylic acids is 2. The van der Waals surface area contributed by atoms with Gasteiger partial charge in [-0.3, -0.25) is 9.59 Å². The summed E-state index contributed by atoms with van der Waals surface area (Å²) in [4.78, 5) is 25.7. The molecule has 114 valence electrons. The molecule has 2 rings (SSSR count). The van der Waals surface area contributed by atoms with Gasteiger partial charge in [0.2, 0.25) is 5.91 Å². The van der Waals surface area contributed by atoms with Crippen molar-refractivity contribution in [3.8, 4) is 0 Å². The highest BCUT2D eigenvalue weighted by Gasteiger charge is 2.16. The summed E-state index contributed by atoms with van der Waals surface area (Å²) in [5.74, 6) is -0.130. The highest BCUT2D eigenvalue weighted by molar-refractivity contribution is 5.94. The van der Waals surface area contributed by atoms with Crippen molar-refractivity contribution in [2.75, 3.05) is 32.8 Å². The number of hydrogen-bond acceptors (Lipinski definition) is 4. The van der Waals surface area contributed by atoms with Gasteiger partial charge in [0.25, 0.3) is 5.91 Å². The maximum Gasteiger partial charge on any atom is 0.251 e. The van der Waals surface area contributed by atoms with Gasteiger partial charge < -0.3 is 20.7 Å². The van der Waals surface area contributed by atoms with Crippen LogP contribution in [0.4, 0.5) is 0 Å². The van der Waals surface area contributed by atoms with Crippen molar-refractivity contribution in [1.29, 1.82) is 0 Å². The van der Waals surface area contributed by atoms with Gasteiger partial charge >= 0.3 is 0 Å². The summed E-state index contributed by atoms with van der Waals surface area (Å²) in [7, 11) is 0. The van der Waals surface area contributed by atoms with Gasteiger partial charge in [-0.15, -0.1) is 0 Å². The zero-order valence-corrected chi connectivity index (χ0v) is 12.0. The van der Waals surface area contributed by atoms with Crippen molar-refractivity contribution >= 4 is 11.8 Å². The van der Waals surface area contributed by atoms with Crippen LogP contribution in [0, 0.1) is 0 Å². The second-order valence-electron chi connectivity index (χ2n) is 4.90. The topological polar surface area (TPSA) is 84.7 Å². The lowest BCUT2D eigenvalue weighted by Gasteiger charge is -2.26. The standard InChI is InChI=1S/C15H21N3O3/c16-11-12-2-1-3-13(10-12)15(20)17-5-4-14(19)18-6-8-21-9-7-18/h1-3,10H,4-9,11,16H2,(H,17,20). The van der Waals surface area contributed by atoms with Crippen molar-refractivity contribution in [2.24, 2.45) is 5.73 Å². The molecule has 21 heavy (non-hydrogen) atoms. The second-order valence-corrected chi connectivity index (χ2v) is 4.90. The molecule has 0 unspecified atom stereocenters. The molecule has 1 aliphatic heterocycles. The van der Waals surface area contributed by atoms with Crippen LogP contribution in [0.1, 0.15) is 22.3 Å². The first-order chi connectivity index (χ1) is 10.2. The maximum atomic E-state index is 12.0. The molecule has 0 saturated carbocycles. The summed E-state index contributed by atoms with van der Waals surface area (Å²) >= 11 is 0. The van der Waals surface area contributed by atoms with Crippen LogP contribution in [0.3, 0.4) is 0 Å². The lowest BCUT2D eigenvalue weighted by atomic mass is 10.1. The van der Waals surface area contributed by atoms with E-state index >= 15 is 0 Å². The van der Waals surface area contributed by atoms with E-state index in [4.69, 9.17) is 10.5 Å². The Balaban J connectivity index is 1.77. The smallest absolute Gasteiger partial charge is 0.251 e. The summed E-state index contributed by atoms with van der Waals surface area (Å²) in [5.41, 5.74) is 7.02. The van der Waals surface area contributed by atoms with E-state index in [0.717, 1.165) is 5.56 Å². The Morgan fingerprint density at radius 2 is 2.05 bits per heavy atom. The van der Waals surface area contributed by atoms with E-state index in [-0.39, 0.29) is 11.8 Å². The summed E-state index contributed by atoms with van der Waals surface area (Å²) in [6.45, 7) is 3.17. The molecule has 0 aliphatic carbocycles. The second kappa shape index (κ2) is 7.75. The van der Waals surface area contributed by atoms with Crippen molar-refractivity contribution in [3.63, 3.8) is 0 Å².